The van der Waals surface area contributed by atoms with Gasteiger partial charge in [0, 0.05) is 22.1 Å². The van der Waals surface area contributed by atoms with Crippen LogP contribution in [0.25, 0.3) is 21.5 Å². The molecule has 4 rings (SSSR count). The maximum Gasteiger partial charge on any atom is 0.0963 e. The van der Waals surface area contributed by atoms with Crippen molar-refractivity contribution in [3.8, 4) is 0 Å². The van der Waals surface area contributed by atoms with Crippen molar-refractivity contribution in [1.82, 2.24) is 0 Å². The van der Waals surface area contributed by atoms with E-state index in [9.17, 15) is 0 Å². The normalized spacial score (nSPS) is 11.2. The molecule has 0 bridgehead atoms. The largest absolute Gasteiger partial charge is 0.365 e. The van der Waals surface area contributed by atoms with Gasteiger partial charge in [0.05, 0.1) is 6.17 Å². The smallest absolute Gasteiger partial charge is 0.0963 e. The van der Waals surface area contributed by atoms with E-state index in [0.29, 0.717) is 0 Å². The SMILES string of the molecule is CCCC(Nc1cccc2ccccc12)Nc1cccc2ccccc12. The molecule has 2 nitrogen and oxygen atoms in total. The number of fused-ring (bicyclic) bond motifs is 2. The second-order valence-corrected chi connectivity index (χ2v) is 6.68. The molecule has 2 heteroatoms. The quantitative estimate of drug-likeness (QED) is 0.384. The number of benzene rings is 4. The lowest BCUT2D eigenvalue weighted by Gasteiger charge is -2.24. The van der Waals surface area contributed by atoms with E-state index in [1.54, 1.807) is 0 Å². The first-order valence-corrected chi connectivity index (χ1v) is 9.34. The van der Waals surface area contributed by atoms with Crippen LogP contribution in [0.15, 0.2) is 84.9 Å². The first-order valence-electron chi connectivity index (χ1n) is 9.34. The Hall–Kier alpha value is -3.00. The molecular formula is C24H24N2. The lowest BCUT2D eigenvalue weighted by molar-refractivity contribution is 0.703. The Kier molecular flexibility index (Phi) is 4.74. The highest BCUT2D eigenvalue weighted by Crippen LogP contribution is 2.27. The second kappa shape index (κ2) is 7.49. The van der Waals surface area contributed by atoms with Crippen LogP contribution in [0, 0.1) is 0 Å². The second-order valence-electron chi connectivity index (χ2n) is 6.68. The number of hydrogen-bond donors (Lipinski definition) is 2. The standard InChI is InChI=1S/C24H24N2/c1-2-9-24(25-22-16-7-12-18-10-3-5-14-20(18)22)26-23-17-8-13-19-11-4-6-15-21(19)23/h3-8,10-17,24-26H,2,9H2,1H3. The molecule has 0 aliphatic heterocycles. The highest BCUT2D eigenvalue weighted by molar-refractivity contribution is 5.95. The van der Waals surface area contributed by atoms with Crippen LogP contribution in [0.3, 0.4) is 0 Å². The van der Waals surface area contributed by atoms with E-state index in [2.05, 4.69) is 102 Å². The Labute approximate surface area is 154 Å². The molecule has 4 aromatic rings. The van der Waals surface area contributed by atoms with Crippen LogP contribution in [0.2, 0.25) is 0 Å². The summed E-state index contributed by atoms with van der Waals surface area (Å²) in [7, 11) is 0. The predicted molar refractivity (Wildman–Crippen MR) is 114 cm³/mol. The zero-order valence-corrected chi connectivity index (χ0v) is 15.1. The summed E-state index contributed by atoms with van der Waals surface area (Å²) in [5.41, 5.74) is 2.35. The maximum absolute atomic E-state index is 3.72. The average Bonchev–Trinajstić information content (AvgIpc) is 2.69. The molecule has 0 atom stereocenters. The summed E-state index contributed by atoms with van der Waals surface area (Å²) in [6.07, 6.45) is 2.34. The molecule has 130 valence electrons. The summed E-state index contributed by atoms with van der Waals surface area (Å²) in [4.78, 5) is 0. The van der Waals surface area contributed by atoms with Crippen molar-refractivity contribution in [1.29, 1.82) is 0 Å². The van der Waals surface area contributed by atoms with Gasteiger partial charge in [-0.05, 0) is 29.3 Å². The lowest BCUT2D eigenvalue weighted by atomic mass is 10.1. The molecule has 0 unspecified atom stereocenters. The molecule has 0 heterocycles. The Balaban J connectivity index is 1.65. The van der Waals surface area contributed by atoms with Gasteiger partial charge in [-0.3, -0.25) is 0 Å². The predicted octanol–water partition coefficient (Wildman–Crippen LogP) is 6.64. The Bertz CT molecular complexity index is 931. The third-order valence-corrected chi connectivity index (χ3v) is 4.82. The fourth-order valence-electron chi connectivity index (χ4n) is 3.55. The van der Waals surface area contributed by atoms with E-state index in [1.165, 1.54) is 32.9 Å². The number of nitrogens with one attached hydrogen (secondary N) is 2. The van der Waals surface area contributed by atoms with Crippen LogP contribution in [0.5, 0.6) is 0 Å². The molecule has 4 aromatic carbocycles. The van der Waals surface area contributed by atoms with Crippen LogP contribution in [-0.4, -0.2) is 6.17 Å². The molecule has 0 radical (unpaired) electrons. The van der Waals surface area contributed by atoms with Gasteiger partial charge in [0.2, 0.25) is 0 Å². The molecule has 0 aliphatic carbocycles. The van der Waals surface area contributed by atoms with Crippen molar-refractivity contribution in [2.75, 3.05) is 10.6 Å². The summed E-state index contributed by atoms with van der Waals surface area (Å²) < 4.78 is 0. The first kappa shape index (κ1) is 16.5. The third kappa shape index (κ3) is 3.36. The molecule has 0 aliphatic rings. The van der Waals surface area contributed by atoms with Gasteiger partial charge in [0.25, 0.3) is 0 Å². The van der Waals surface area contributed by atoms with Gasteiger partial charge in [-0.25, -0.2) is 0 Å². The zero-order valence-electron chi connectivity index (χ0n) is 15.1. The Morgan fingerprint density at radius 2 is 1.08 bits per heavy atom. The van der Waals surface area contributed by atoms with E-state index < -0.39 is 0 Å². The van der Waals surface area contributed by atoms with Crippen molar-refractivity contribution in [2.24, 2.45) is 0 Å². The number of rotatable bonds is 6. The van der Waals surface area contributed by atoms with Crippen LogP contribution in [-0.2, 0) is 0 Å². The van der Waals surface area contributed by atoms with Crippen LogP contribution < -0.4 is 10.6 Å². The molecule has 0 saturated heterocycles. The van der Waals surface area contributed by atoms with Crippen LogP contribution >= 0.6 is 0 Å². The minimum Gasteiger partial charge on any atom is -0.365 e. The molecular weight excluding hydrogens is 316 g/mol. The average molecular weight is 340 g/mol. The van der Waals surface area contributed by atoms with E-state index in [1.807, 2.05) is 0 Å². The molecule has 2 N–H and O–H groups in total. The van der Waals surface area contributed by atoms with E-state index in [4.69, 9.17) is 0 Å². The lowest BCUT2D eigenvalue weighted by Crippen LogP contribution is -2.28. The van der Waals surface area contributed by atoms with Gasteiger partial charge < -0.3 is 10.6 Å². The molecule has 0 aromatic heterocycles. The molecule has 0 fully saturated rings. The minimum atomic E-state index is 0.177. The first-order chi connectivity index (χ1) is 12.8. The van der Waals surface area contributed by atoms with Crippen molar-refractivity contribution in [3.05, 3.63) is 84.9 Å². The van der Waals surface area contributed by atoms with Crippen molar-refractivity contribution >= 4 is 32.9 Å². The minimum absolute atomic E-state index is 0.177. The molecule has 0 saturated carbocycles. The van der Waals surface area contributed by atoms with Gasteiger partial charge in [-0.15, -0.1) is 0 Å². The number of anilines is 2. The monoisotopic (exact) mass is 340 g/mol. The van der Waals surface area contributed by atoms with E-state index >= 15 is 0 Å². The van der Waals surface area contributed by atoms with E-state index in [0.717, 1.165) is 12.8 Å². The number of hydrogen-bond acceptors (Lipinski definition) is 2. The van der Waals surface area contributed by atoms with Crippen molar-refractivity contribution < 1.29 is 0 Å². The molecule has 26 heavy (non-hydrogen) atoms. The summed E-state index contributed by atoms with van der Waals surface area (Å²) in [6.45, 7) is 2.22. The van der Waals surface area contributed by atoms with Crippen molar-refractivity contribution in [2.45, 2.75) is 25.9 Å². The zero-order chi connectivity index (χ0) is 17.8. The van der Waals surface area contributed by atoms with E-state index in [-0.39, 0.29) is 6.17 Å². The van der Waals surface area contributed by atoms with Gasteiger partial charge in [-0.1, -0.05) is 86.1 Å². The van der Waals surface area contributed by atoms with Crippen LogP contribution in [0.4, 0.5) is 11.4 Å². The van der Waals surface area contributed by atoms with Gasteiger partial charge in [0.15, 0.2) is 0 Å². The van der Waals surface area contributed by atoms with Gasteiger partial charge in [-0.2, -0.15) is 0 Å². The van der Waals surface area contributed by atoms with Crippen LogP contribution in [0.1, 0.15) is 19.8 Å². The fraction of sp³-hybridized carbons (Fsp3) is 0.167. The summed E-state index contributed by atoms with van der Waals surface area (Å²) in [6, 6.07) is 29.9. The third-order valence-electron chi connectivity index (χ3n) is 4.82. The summed E-state index contributed by atoms with van der Waals surface area (Å²) in [5, 5.41) is 12.5. The van der Waals surface area contributed by atoms with Crippen molar-refractivity contribution in [3.63, 3.8) is 0 Å². The Morgan fingerprint density at radius 1 is 0.615 bits per heavy atom. The van der Waals surface area contributed by atoms with Gasteiger partial charge in [0.1, 0.15) is 0 Å². The maximum atomic E-state index is 3.72. The Morgan fingerprint density at radius 3 is 1.58 bits per heavy atom. The highest BCUT2D eigenvalue weighted by Gasteiger charge is 2.11. The fourth-order valence-corrected chi connectivity index (χ4v) is 3.55. The summed E-state index contributed by atoms with van der Waals surface area (Å²) >= 11 is 0. The highest BCUT2D eigenvalue weighted by atomic mass is 15.1. The molecule has 0 spiro atoms. The topological polar surface area (TPSA) is 24.1 Å². The summed E-state index contributed by atoms with van der Waals surface area (Å²) in [5.74, 6) is 0. The molecule has 0 amide bonds. The van der Waals surface area contributed by atoms with Gasteiger partial charge >= 0.3 is 0 Å².